The van der Waals surface area contributed by atoms with Gasteiger partial charge in [-0.3, -0.25) is 0 Å². The van der Waals surface area contributed by atoms with Crippen LogP contribution in [-0.4, -0.2) is 18.6 Å². The smallest absolute Gasteiger partial charge is 0.0555 e. The molecule has 1 saturated heterocycles. The third kappa shape index (κ3) is 5.32. The lowest BCUT2D eigenvalue weighted by atomic mass is 9.52. The van der Waals surface area contributed by atoms with Crippen LogP contribution in [0.5, 0.6) is 0 Å². The van der Waals surface area contributed by atoms with E-state index in [0.29, 0.717) is 10.8 Å². The van der Waals surface area contributed by atoms with E-state index in [-0.39, 0.29) is 0 Å². The first-order valence-corrected chi connectivity index (χ1v) is 24.3. The average Bonchev–Trinajstić information content (AvgIpc) is 3.68. The zero-order valence-electron chi connectivity index (χ0n) is 31.2. The number of thioether (sulfide) groups is 1. The van der Waals surface area contributed by atoms with E-state index >= 15 is 0 Å². The Kier molecular flexibility index (Phi) is 8.71. The van der Waals surface area contributed by atoms with E-state index in [1.54, 1.807) is 57.8 Å². The highest BCUT2D eigenvalue weighted by Crippen LogP contribution is 2.71. The second-order valence-electron chi connectivity index (χ2n) is 21.6. The minimum absolute atomic E-state index is 0.452. The van der Waals surface area contributed by atoms with Gasteiger partial charge in [0, 0.05) is 10.5 Å². The molecule has 6 aliphatic carbocycles. The largest absolute Gasteiger partial charge is 0.155 e. The Morgan fingerprint density at radius 2 is 1.18 bits per heavy atom. The molecule has 7 rings (SSSR count). The van der Waals surface area contributed by atoms with Crippen molar-refractivity contribution >= 4 is 19.8 Å². The molecule has 7 fully saturated rings. The summed E-state index contributed by atoms with van der Waals surface area (Å²) in [4.78, 5) is 0. The van der Waals surface area contributed by atoms with E-state index in [1.807, 2.05) is 0 Å². The van der Waals surface area contributed by atoms with Gasteiger partial charge in [-0.15, -0.1) is 0 Å². The fraction of sp³-hybridized carbons (Fsp3) is 1.00. The van der Waals surface area contributed by atoms with Crippen LogP contribution in [0.1, 0.15) is 139 Å². The maximum atomic E-state index is 2.98. The van der Waals surface area contributed by atoms with Crippen LogP contribution >= 0.6 is 11.8 Å². The maximum Gasteiger partial charge on any atom is 0.0555 e. The Bertz CT molecular complexity index is 1010. The van der Waals surface area contributed by atoms with Crippen LogP contribution < -0.4 is 0 Å². The quantitative estimate of drug-likeness (QED) is 0.277. The van der Waals surface area contributed by atoms with Gasteiger partial charge in [-0.1, -0.05) is 101 Å². The van der Waals surface area contributed by atoms with E-state index in [0.717, 1.165) is 98.5 Å². The molecule has 0 N–H and O–H groups in total. The summed E-state index contributed by atoms with van der Waals surface area (Å²) >= 11 is 2.58. The van der Waals surface area contributed by atoms with Crippen LogP contribution in [0.15, 0.2) is 0 Å². The summed E-state index contributed by atoms with van der Waals surface area (Å²) in [6, 6.07) is 0. The molecule has 16 atom stereocenters. The van der Waals surface area contributed by atoms with Crippen LogP contribution in [0.4, 0.5) is 0 Å². The Balaban J connectivity index is 1.20. The number of fused-ring (bicyclic) bond motifs is 5. The Hall–Kier alpha value is 0.567. The van der Waals surface area contributed by atoms with E-state index < -0.39 is 8.07 Å². The number of rotatable bonds is 3. The third-order valence-electron chi connectivity index (χ3n) is 17.3. The molecule has 0 radical (unpaired) electrons. The number of hydrogen-bond donors (Lipinski definition) is 0. The molecule has 0 aromatic rings. The molecule has 1 heterocycles. The van der Waals surface area contributed by atoms with Crippen LogP contribution in [0.25, 0.3) is 0 Å². The van der Waals surface area contributed by atoms with Crippen molar-refractivity contribution < 1.29 is 0 Å². The molecule has 0 amide bonds. The predicted molar refractivity (Wildman–Crippen MR) is 197 cm³/mol. The molecule has 0 aromatic carbocycles. The second-order valence-corrected chi connectivity index (χ2v) is 28.0. The summed E-state index contributed by atoms with van der Waals surface area (Å²) in [5.41, 5.74) is 3.05. The third-order valence-corrected chi connectivity index (χ3v) is 24.7. The summed E-state index contributed by atoms with van der Waals surface area (Å²) < 4.78 is 0. The molecular weight excluding hydrogens is 565 g/mol. The van der Waals surface area contributed by atoms with Gasteiger partial charge in [-0.2, -0.15) is 11.8 Å². The van der Waals surface area contributed by atoms with E-state index in [1.165, 1.54) is 19.3 Å². The lowest BCUT2D eigenvalue weighted by Gasteiger charge is -2.54. The summed E-state index contributed by atoms with van der Waals surface area (Å²) in [7, 11) is -1.49. The molecule has 44 heavy (non-hydrogen) atoms. The van der Waals surface area contributed by atoms with E-state index in [4.69, 9.17) is 0 Å². The van der Waals surface area contributed by atoms with Gasteiger partial charge in [0.25, 0.3) is 0 Å². The van der Waals surface area contributed by atoms with Gasteiger partial charge in [-0.05, 0) is 150 Å². The van der Waals surface area contributed by atoms with Gasteiger partial charge in [-0.25, -0.2) is 0 Å². The molecule has 16 unspecified atom stereocenters. The van der Waals surface area contributed by atoms with Crippen molar-refractivity contribution in [2.45, 2.75) is 174 Å². The maximum absolute atomic E-state index is 2.98. The molecule has 6 saturated carbocycles. The Labute approximate surface area is 280 Å². The standard InChI is InChI=1S/C42H74SSi/c1-24-19-33-34(39(24)44(10,11)40-26(3)25(2)36-32-16-12-13-18-35(32)43-38(36)40)22-27-15-14-17-31(27)37(33)28-20-29(41(4,5)6)23-30(21-28)42(7,8)9/h24-40H,12-23H2,1-11H3. The fourth-order valence-electron chi connectivity index (χ4n) is 15.4. The minimum atomic E-state index is -1.49. The minimum Gasteiger partial charge on any atom is -0.155 e. The monoisotopic (exact) mass is 639 g/mol. The molecule has 1 aliphatic heterocycles. The van der Waals surface area contributed by atoms with Gasteiger partial charge in [0.15, 0.2) is 0 Å². The molecule has 252 valence electrons. The molecule has 7 aliphatic rings. The van der Waals surface area contributed by atoms with Gasteiger partial charge in [0.05, 0.1) is 8.07 Å². The summed E-state index contributed by atoms with van der Waals surface area (Å²) in [6.07, 6.45) is 18.7. The number of hydrogen-bond acceptors (Lipinski definition) is 1. The van der Waals surface area contributed by atoms with Crippen LogP contribution in [0, 0.1) is 87.8 Å². The van der Waals surface area contributed by atoms with Crippen molar-refractivity contribution in [1.29, 1.82) is 0 Å². The summed E-state index contributed by atoms with van der Waals surface area (Å²) in [5.74, 6) is 13.1. The Morgan fingerprint density at radius 3 is 1.84 bits per heavy atom. The fourth-order valence-corrected chi connectivity index (χ4v) is 25.2. The molecular formula is C42H74SSi. The first-order chi connectivity index (χ1) is 20.6. The lowest BCUT2D eigenvalue weighted by Crippen LogP contribution is -2.50. The van der Waals surface area contributed by atoms with Gasteiger partial charge < -0.3 is 0 Å². The highest BCUT2D eigenvalue weighted by molar-refractivity contribution is 8.01. The SMILES string of the molecule is CC1CC2C(CC3CCCC3C2C2CC(C(C)(C)C)CC(C(C)(C)C)C2)C1[Si](C)(C)C1C(C)C(C)C2C3CCCCC3SC21. The van der Waals surface area contributed by atoms with Crippen molar-refractivity contribution in [2.24, 2.45) is 87.8 Å². The lowest BCUT2D eigenvalue weighted by molar-refractivity contribution is -0.0360. The summed E-state index contributed by atoms with van der Waals surface area (Å²) in [6.45, 7) is 29.7. The second kappa shape index (κ2) is 11.6. The zero-order valence-corrected chi connectivity index (χ0v) is 33.0. The van der Waals surface area contributed by atoms with Crippen molar-refractivity contribution in [3.8, 4) is 0 Å². The van der Waals surface area contributed by atoms with Gasteiger partial charge >= 0.3 is 0 Å². The first kappa shape index (κ1) is 33.1. The van der Waals surface area contributed by atoms with Crippen molar-refractivity contribution in [3.05, 3.63) is 0 Å². The normalized spacial score (nSPS) is 52.8. The average molecular weight is 639 g/mol. The topological polar surface area (TPSA) is 0 Å². The van der Waals surface area contributed by atoms with E-state index in [2.05, 4.69) is 87.2 Å². The summed E-state index contributed by atoms with van der Waals surface area (Å²) in [5, 5.41) is 2.03. The molecule has 0 spiro atoms. The van der Waals surface area contributed by atoms with Crippen LogP contribution in [0.2, 0.25) is 24.2 Å². The molecule has 2 heteroatoms. The molecule has 0 aromatic heterocycles. The van der Waals surface area contributed by atoms with Gasteiger partial charge in [0.1, 0.15) is 0 Å². The zero-order chi connectivity index (χ0) is 31.5. The highest BCUT2D eigenvalue weighted by atomic mass is 32.2. The molecule has 0 bridgehead atoms. The van der Waals surface area contributed by atoms with E-state index in [9.17, 15) is 0 Å². The first-order valence-electron chi connectivity index (χ1n) is 20.2. The Morgan fingerprint density at radius 1 is 0.545 bits per heavy atom. The predicted octanol–water partition coefficient (Wildman–Crippen LogP) is 12.8. The van der Waals surface area contributed by atoms with Crippen molar-refractivity contribution in [2.75, 3.05) is 0 Å². The van der Waals surface area contributed by atoms with Gasteiger partial charge in [0.2, 0.25) is 0 Å². The van der Waals surface area contributed by atoms with Crippen molar-refractivity contribution in [3.63, 3.8) is 0 Å². The van der Waals surface area contributed by atoms with Crippen molar-refractivity contribution in [1.82, 2.24) is 0 Å². The highest BCUT2D eigenvalue weighted by Gasteiger charge is 2.65. The van der Waals surface area contributed by atoms with Crippen LogP contribution in [0.3, 0.4) is 0 Å². The van der Waals surface area contributed by atoms with Crippen LogP contribution in [-0.2, 0) is 0 Å². The molecule has 0 nitrogen and oxygen atoms in total.